The Morgan fingerprint density at radius 2 is 1.68 bits per heavy atom. The molecule has 0 aliphatic carbocycles. The first-order valence-electron chi connectivity index (χ1n) is 12.2. The first kappa shape index (κ1) is 27.5. The molecule has 2 aliphatic heterocycles. The summed E-state index contributed by atoms with van der Waals surface area (Å²) in [7, 11) is 6.57. The first-order valence-corrected chi connectivity index (χ1v) is 13.0. The van der Waals surface area contributed by atoms with Crippen LogP contribution in [-0.2, 0) is 16.1 Å². The summed E-state index contributed by atoms with van der Waals surface area (Å²) in [6, 6.07) is 13.2. The summed E-state index contributed by atoms with van der Waals surface area (Å²) in [5.74, 6) is -0.762. The highest BCUT2D eigenvalue weighted by Gasteiger charge is 2.46. The molecule has 2 heterocycles. The second-order valence-electron chi connectivity index (χ2n) is 9.39. The number of hydrogen-bond acceptors (Lipinski definition) is 8. The Hall–Kier alpha value is -4.08. The van der Waals surface area contributed by atoms with Crippen molar-refractivity contribution in [2.45, 2.75) is 12.6 Å². The van der Waals surface area contributed by atoms with E-state index in [1.54, 1.807) is 18.2 Å². The van der Waals surface area contributed by atoms with Crippen molar-refractivity contribution in [1.82, 2.24) is 4.90 Å². The third-order valence-corrected chi connectivity index (χ3v) is 7.47. The van der Waals surface area contributed by atoms with Gasteiger partial charge in [-0.05, 0) is 41.5 Å². The van der Waals surface area contributed by atoms with Crippen molar-refractivity contribution in [2.24, 2.45) is 0 Å². The molecule has 0 spiro atoms. The number of aliphatic hydroxyl groups excluding tert-OH is 1. The summed E-state index contributed by atoms with van der Waals surface area (Å²) in [6.45, 7) is 0.176. The molecule has 1 saturated heterocycles. The molecule has 40 heavy (non-hydrogen) atoms. The number of rotatable bonds is 7. The van der Waals surface area contributed by atoms with Crippen LogP contribution in [0.2, 0.25) is 10.0 Å². The number of Topliss-reactive ketones (excluding diaryl/α,β-unsaturated/α-hetero) is 1. The molecule has 1 N–H and O–H groups in total. The first-order chi connectivity index (χ1) is 19.2. The number of likely N-dealkylation sites (tertiary alicyclic amines) is 1. The minimum Gasteiger partial charge on any atom is -0.507 e. The second-order valence-corrected chi connectivity index (χ2v) is 10.2. The van der Waals surface area contributed by atoms with Gasteiger partial charge in [0.15, 0.2) is 23.0 Å². The molecule has 9 nitrogen and oxygen atoms in total. The van der Waals surface area contributed by atoms with Crippen molar-refractivity contribution in [3.63, 3.8) is 0 Å². The van der Waals surface area contributed by atoms with Crippen LogP contribution in [0.3, 0.4) is 0 Å². The van der Waals surface area contributed by atoms with Crippen molar-refractivity contribution in [3.05, 3.63) is 80.8 Å². The van der Waals surface area contributed by atoms with Gasteiger partial charge in [-0.25, -0.2) is 0 Å². The molecule has 208 valence electrons. The maximum absolute atomic E-state index is 13.6. The van der Waals surface area contributed by atoms with Crippen molar-refractivity contribution < 1.29 is 33.6 Å². The van der Waals surface area contributed by atoms with Crippen LogP contribution in [0.5, 0.6) is 23.0 Å². The topological polar surface area (TPSA) is 97.8 Å². The van der Waals surface area contributed by atoms with E-state index in [9.17, 15) is 14.7 Å². The van der Waals surface area contributed by atoms with Gasteiger partial charge in [-0.3, -0.25) is 9.59 Å². The lowest BCUT2D eigenvalue weighted by atomic mass is 9.94. The smallest absolute Gasteiger partial charge is 0.295 e. The molecule has 1 amide bonds. The number of anilines is 1. The van der Waals surface area contributed by atoms with Crippen LogP contribution in [0.25, 0.3) is 5.76 Å². The van der Waals surface area contributed by atoms with Crippen molar-refractivity contribution in [1.29, 1.82) is 0 Å². The fourth-order valence-corrected chi connectivity index (χ4v) is 5.56. The monoisotopic (exact) mass is 584 g/mol. The lowest BCUT2D eigenvalue weighted by Gasteiger charge is -2.26. The van der Waals surface area contributed by atoms with Crippen LogP contribution in [0.15, 0.2) is 54.1 Å². The standard InChI is InChI=1S/C29H26Cl2N2O7/c1-32(2)17-8-6-16(7-9-17)24-22(25(34)18-12-19(30)28(38-4)23(31)27(18)37-3)26(35)29(36)33(24)13-15-5-10-20-21(11-15)40-14-39-20/h5-12,24,34H,13-14H2,1-4H3/b25-22+. The highest BCUT2D eigenvalue weighted by molar-refractivity contribution is 6.47. The summed E-state index contributed by atoms with van der Waals surface area (Å²) < 4.78 is 21.6. The lowest BCUT2D eigenvalue weighted by molar-refractivity contribution is -0.140. The van der Waals surface area contributed by atoms with E-state index >= 15 is 0 Å². The van der Waals surface area contributed by atoms with Gasteiger partial charge in [0.25, 0.3) is 11.7 Å². The van der Waals surface area contributed by atoms with E-state index in [2.05, 4.69) is 0 Å². The van der Waals surface area contributed by atoms with Crippen LogP contribution < -0.4 is 23.8 Å². The van der Waals surface area contributed by atoms with Gasteiger partial charge in [0.05, 0.1) is 36.4 Å². The maximum Gasteiger partial charge on any atom is 0.295 e. The molecule has 3 aromatic carbocycles. The van der Waals surface area contributed by atoms with Crippen LogP contribution in [-0.4, -0.2) is 56.8 Å². The van der Waals surface area contributed by atoms with Gasteiger partial charge < -0.3 is 33.9 Å². The van der Waals surface area contributed by atoms with Crippen LogP contribution in [0.1, 0.15) is 22.7 Å². The largest absolute Gasteiger partial charge is 0.507 e. The number of fused-ring (bicyclic) bond motifs is 1. The predicted molar refractivity (Wildman–Crippen MR) is 151 cm³/mol. The molecule has 0 bridgehead atoms. The number of carbonyl (C=O) groups excluding carboxylic acids is 2. The van der Waals surface area contributed by atoms with E-state index in [-0.39, 0.29) is 46.0 Å². The quantitative estimate of drug-likeness (QED) is 0.223. The fourth-order valence-electron chi connectivity index (χ4n) is 4.87. The molecule has 1 unspecified atom stereocenters. The average Bonchev–Trinajstić information content (AvgIpc) is 3.50. The Balaban J connectivity index is 1.67. The van der Waals surface area contributed by atoms with Crippen molar-refractivity contribution >= 4 is 46.3 Å². The summed E-state index contributed by atoms with van der Waals surface area (Å²) in [5, 5.41) is 11.7. The molecule has 1 fully saturated rings. The minimum absolute atomic E-state index is 0.0144. The number of hydrogen-bond donors (Lipinski definition) is 1. The molecule has 5 rings (SSSR count). The summed E-state index contributed by atoms with van der Waals surface area (Å²) in [6.07, 6.45) is 0. The Bertz CT molecular complexity index is 1540. The highest BCUT2D eigenvalue weighted by atomic mass is 35.5. The van der Waals surface area contributed by atoms with E-state index in [1.807, 2.05) is 43.3 Å². The Morgan fingerprint density at radius 3 is 2.33 bits per heavy atom. The van der Waals surface area contributed by atoms with E-state index in [4.69, 9.17) is 42.1 Å². The van der Waals surface area contributed by atoms with Gasteiger partial charge in [-0.2, -0.15) is 0 Å². The molecular formula is C29H26Cl2N2O7. The number of halogens is 2. The minimum atomic E-state index is -0.925. The van der Waals surface area contributed by atoms with E-state index in [0.717, 1.165) is 5.69 Å². The molecule has 1 atom stereocenters. The lowest BCUT2D eigenvalue weighted by Crippen LogP contribution is -2.29. The third kappa shape index (κ3) is 4.65. The Labute approximate surface area is 241 Å². The van der Waals surface area contributed by atoms with E-state index in [1.165, 1.54) is 25.2 Å². The van der Waals surface area contributed by atoms with Crippen LogP contribution in [0.4, 0.5) is 5.69 Å². The highest BCUT2D eigenvalue weighted by Crippen LogP contribution is 2.47. The van der Waals surface area contributed by atoms with Crippen LogP contribution >= 0.6 is 23.2 Å². The number of ether oxygens (including phenoxy) is 4. The SMILES string of the molecule is COc1c(Cl)cc(/C(O)=C2\C(=O)C(=O)N(Cc3ccc4c(c3)OCO4)C2c2ccc(N(C)C)cc2)c(OC)c1Cl. The van der Waals surface area contributed by atoms with Gasteiger partial charge >= 0.3 is 0 Å². The zero-order valence-corrected chi connectivity index (χ0v) is 23.7. The van der Waals surface area contributed by atoms with Gasteiger partial charge in [0, 0.05) is 26.3 Å². The van der Waals surface area contributed by atoms with E-state index in [0.29, 0.717) is 22.6 Å². The third-order valence-electron chi connectivity index (χ3n) is 6.85. The van der Waals surface area contributed by atoms with E-state index < -0.39 is 23.5 Å². The number of aliphatic hydroxyl groups is 1. The van der Waals surface area contributed by atoms with Gasteiger partial charge in [0.2, 0.25) is 6.79 Å². The van der Waals surface area contributed by atoms with Crippen molar-refractivity contribution in [3.8, 4) is 23.0 Å². The number of nitrogens with zero attached hydrogens (tertiary/aromatic N) is 2. The second kappa shape index (κ2) is 10.8. The van der Waals surface area contributed by atoms with Gasteiger partial charge in [0.1, 0.15) is 10.8 Å². The van der Waals surface area contributed by atoms with Gasteiger partial charge in [-0.15, -0.1) is 0 Å². The molecule has 2 aliphatic rings. The Kier molecular flexibility index (Phi) is 7.44. The fraction of sp³-hybridized carbons (Fsp3) is 0.241. The average molecular weight is 585 g/mol. The predicted octanol–water partition coefficient (Wildman–Crippen LogP) is 5.43. The number of benzene rings is 3. The number of amides is 1. The van der Waals surface area contributed by atoms with Crippen LogP contribution in [0, 0.1) is 0 Å². The number of methoxy groups -OCH3 is 2. The summed E-state index contributed by atoms with van der Waals surface area (Å²) in [5.41, 5.74) is 2.19. The number of carbonyl (C=O) groups is 2. The molecular weight excluding hydrogens is 559 g/mol. The summed E-state index contributed by atoms with van der Waals surface area (Å²) >= 11 is 12.8. The van der Waals surface area contributed by atoms with Gasteiger partial charge in [-0.1, -0.05) is 41.4 Å². The molecule has 0 aromatic heterocycles. The molecule has 0 radical (unpaired) electrons. The molecule has 0 saturated carbocycles. The maximum atomic E-state index is 13.6. The van der Waals surface area contributed by atoms with Crippen molar-refractivity contribution in [2.75, 3.05) is 40.0 Å². The zero-order chi connectivity index (χ0) is 28.7. The molecule has 3 aromatic rings. The molecule has 11 heteroatoms. The summed E-state index contributed by atoms with van der Waals surface area (Å²) in [4.78, 5) is 30.4. The number of ketones is 1. The Morgan fingerprint density at radius 1 is 1.00 bits per heavy atom. The normalized spacial score (nSPS) is 17.4. The zero-order valence-electron chi connectivity index (χ0n) is 22.2.